The molecule has 2 nitrogen and oxygen atoms in total. The minimum absolute atomic E-state index is 0.0560. The molecule has 0 saturated carbocycles. The number of anilines is 2. The van der Waals surface area contributed by atoms with Crippen molar-refractivity contribution in [3.05, 3.63) is 23.8 Å². The average Bonchev–Trinajstić information content (AvgIpc) is 2.29. The molecule has 20 heavy (non-hydrogen) atoms. The van der Waals surface area contributed by atoms with Crippen molar-refractivity contribution < 1.29 is 8.78 Å². The summed E-state index contributed by atoms with van der Waals surface area (Å²) in [7, 11) is 0. The van der Waals surface area contributed by atoms with Gasteiger partial charge in [-0.15, -0.1) is 0 Å². The van der Waals surface area contributed by atoms with E-state index in [9.17, 15) is 8.78 Å². The van der Waals surface area contributed by atoms with Crippen LogP contribution in [0.25, 0.3) is 0 Å². The highest BCUT2D eigenvalue weighted by atomic mass is 19.1. The number of benzene rings is 1. The first-order chi connectivity index (χ1) is 9.31. The summed E-state index contributed by atoms with van der Waals surface area (Å²) in [4.78, 5) is 1.81. The third-order valence-electron chi connectivity index (χ3n) is 3.31. The molecular weight excluding hydrogens is 258 g/mol. The van der Waals surface area contributed by atoms with Crippen molar-refractivity contribution in [2.24, 2.45) is 11.8 Å². The van der Waals surface area contributed by atoms with Gasteiger partial charge in [0.05, 0.1) is 0 Å². The summed E-state index contributed by atoms with van der Waals surface area (Å²) < 4.78 is 28.1. The Morgan fingerprint density at radius 2 is 1.35 bits per heavy atom. The molecule has 0 amide bonds. The summed E-state index contributed by atoms with van der Waals surface area (Å²) in [6, 6.07) is 2.38. The van der Waals surface area contributed by atoms with Crippen molar-refractivity contribution in [1.82, 2.24) is 0 Å². The molecule has 0 spiro atoms. The lowest BCUT2D eigenvalue weighted by Gasteiger charge is -2.27. The summed E-state index contributed by atoms with van der Waals surface area (Å²) in [6.07, 6.45) is 1.81. The molecule has 0 heterocycles. The Kier molecular flexibility index (Phi) is 6.24. The number of halogens is 2. The molecule has 0 bridgehead atoms. The molecule has 0 aromatic heterocycles. The Bertz CT molecular complexity index is 395. The second-order valence-corrected chi connectivity index (χ2v) is 6.19. The lowest BCUT2D eigenvalue weighted by atomic mass is 10.1. The molecule has 2 N–H and O–H groups in total. The Labute approximate surface area is 121 Å². The van der Waals surface area contributed by atoms with Crippen molar-refractivity contribution in [3.8, 4) is 0 Å². The van der Waals surface area contributed by atoms with E-state index in [1.54, 1.807) is 0 Å². The zero-order valence-corrected chi connectivity index (χ0v) is 12.9. The highest BCUT2D eigenvalue weighted by Crippen LogP contribution is 2.27. The van der Waals surface area contributed by atoms with E-state index in [-0.39, 0.29) is 11.4 Å². The molecular formula is C16H26F2N2. The topological polar surface area (TPSA) is 29.3 Å². The van der Waals surface area contributed by atoms with E-state index >= 15 is 0 Å². The minimum atomic E-state index is -0.574. The summed E-state index contributed by atoms with van der Waals surface area (Å²) in [5, 5.41) is 0. The molecule has 0 unspecified atom stereocenters. The molecule has 1 aromatic rings. The van der Waals surface area contributed by atoms with Gasteiger partial charge in [-0.2, -0.15) is 0 Å². The summed E-state index contributed by atoms with van der Waals surface area (Å²) in [6.45, 7) is 9.74. The number of nitrogens with zero attached hydrogens (tertiary/aromatic N) is 1. The maximum Gasteiger partial charge on any atom is 0.151 e. The first-order valence-electron chi connectivity index (χ1n) is 7.30. The van der Waals surface area contributed by atoms with Crippen LogP contribution >= 0.6 is 0 Å². The Hall–Kier alpha value is -1.32. The fraction of sp³-hybridized carbons (Fsp3) is 0.625. The van der Waals surface area contributed by atoms with Crippen molar-refractivity contribution in [3.63, 3.8) is 0 Å². The number of hydrogen-bond donors (Lipinski definition) is 1. The minimum Gasteiger partial charge on any atom is -0.399 e. The standard InChI is InChI=1S/C16H26F2N2/c1-11(2)5-7-20(8-6-12(3)4)16-14(17)9-13(19)10-15(16)18/h9-12H,5-8,19H2,1-4H3. The van der Waals surface area contributed by atoms with Gasteiger partial charge in [0.1, 0.15) is 5.69 Å². The van der Waals surface area contributed by atoms with Crippen LogP contribution < -0.4 is 10.6 Å². The molecule has 0 fully saturated rings. The van der Waals surface area contributed by atoms with Gasteiger partial charge >= 0.3 is 0 Å². The summed E-state index contributed by atoms with van der Waals surface area (Å²) in [5.41, 5.74) is 5.65. The van der Waals surface area contributed by atoms with E-state index in [1.165, 1.54) is 12.1 Å². The number of rotatable bonds is 7. The van der Waals surface area contributed by atoms with Gasteiger partial charge in [-0.05, 0) is 36.8 Å². The second-order valence-electron chi connectivity index (χ2n) is 6.19. The van der Waals surface area contributed by atoms with Gasteiger partial charge in [-0.3, -0.25) is 0 Å². The number of hydrogen-bond acceptors (Lipinski definition) is 2. The molecule has 0 radical (unpaired) electrons. The lowest BCUT2D eigenvalue weighted by molar-refractivity contribution is 0.513. The van der Waals surface area contributed by atoms with E-state index in [2.05, 4.69) is 27.7 Å². The Morgan fingerprint density at radius 3 is 1.70 bits per heavy atom. The molecule has 0 aliphatic carbocycles. The first-order valence-corrected chi connectivity index (χ1v) is 7.30. The quantitative estimate of drug-likeness (QED) is 0.750. The zero-order chi connectivity index (χ0) is 15.3. The highest BCUT2D eigenvalue weighted by molar-refractivity contribution is 5.55. The molecule has 0 saturated heterocycles. The smallest absolute Gasteiger partial charge is 0.151 e. The molecule has 0 aliphatic heterocycles. The SMILES string of the molecule is CC(C)CCN(CCC(C)C)c1c(F)cc(N)cc1F. The van der Waals surface area contributed by atoms with Gasteiger partial charge in [-0.25, -0.2) is 8.78 Å². The maximum atomic E-state index is 14.0. The van der Waals surface area contributed by atoms with E-state index < -0.39 is 11.6 Å². The van der Waals surface area contributed by atoms with Crippen molar-refractivity contribution in [1.29, 1.82) is 0 Å². The fourth-order valence-electron chi connectivity index (χ4n) is 2.05. The predicted octanol–water partition coefficient (Wildman–Crippen LogP) is 4.45. The van der Waals surface area contributed by atoms with Crippen molar-refractivity contribution >= 4 is 11.4 Å². The van der Waals surface area contributed by atoms with Gasteiger partial charge in [-0.1, -0.05) is 27.7 Å². The van der Waals surface area contributed by atoms with Gasteiger partial charge in [0.2, 0.25) is 0 Å². The van der Waals surface area contributed by atoms with Crippen LogP contribution in [-0.4, -0.2) is 13.1 Å². The molecule has 114 valence electrons. The van der Waals surface area contributed by atoms with Crippen LogP contribution in [0.1, 0.15) is 40.5 Å². The molecule has 1 rings (SSSR count). The Morgan fingerprint density at radius 1 is 0.950 bits per heavy atom. The lowest BCUT2D eigenvalue weighted by Crippen LogP contribution is -2.29. The van der Waals surface area contributed by atoms with E-state index in [0.717, 1.165) is 12.8 Å². The van der Waals surface area contributed by atoms with Crippen LogP contribution in [0, 0.1) is 23.5 Å². The van der Waals surface area contributed by atoms with Crippen molar-refractivity contribution in [2.45, 2.75) is 40.5 Å². The van der Waals surface area contributed by atoms with Crippen LogP contribution in [0.3, 0.4) is 0 Å². The molecule has 1 aromatic carbocycles. The third kappa shape index (κ3) is 4.99. The predicted molar refractivity (Wildman–Crippen MR) is 81.9 cm³/mol. The summed E-state index contributed by atoms with van der Waals surface area (Å²) >= 11 is 0. The van der Waals surface area contributed by atoms with Gasteiger partial charge in [0.15, 0.2) is 11.6 Å². The van der Waals surface area contributed by atoms with Crippen LogP contribution in [0.15, 0.2) is 12.1 Å². The molecule has 0 aliphatic rings. The Balaban J connectivity index is 2.96. The van der Waals surface area contributed by atoms with Crippen LogP contribution in [0.5, 0.6) is 0 Å². The van der Waals surface area contributed by atoms with Gasteiger partial charge in [0.25, 0.3) is 0 Å². The largest absolute Gasteiger partial charge is 0.399 e. The zero-order valence-electron chi connectivity index (χ0n) is 12.9. The van der Waals surface area contributed by atoms with Gasteiger partial charge in [0, 0.05) is 18.8 Å². The monoisotopic (exact) mass is 284 g/mol. The third-order valence-corrected chi connectivity index (χ3v) is 3.31. The average molecular weight is 284 g/mol. The number of nitrogen functional groups attached to an aromatic ring is 1. The van der Waals surface area contributed by atoms with E-state index in [0.29, 0.717) is 24.9 Å². The van der Waals surface area contributed by atoms with Crippen molar-refractivity contribution in [2.75, 3.05) is 23.7 Å². The highest BCUT2D eigenvalue weighted by Gasteiger charge is 2.18. The van der Waals surface area contributed by atoms with E-state index in [4.69, 9.17) is 5.73 Å². The first kappa shape index (κ1) is 16.7. The molecule has 0 atom stereocenters. The normalized spacial score (nSPS) is 11.4. The van der Waals surface area contributed by atoms with Gasteiger partial charge < -0.3 is 10.6 Å². The second kappa shape index (κ2) is 7.46. The van der Waals surface area contributed by atoms with Crippen LogP contribution in [-0.2, 0) is 0 Å². The van der Waals surface area contributed by atoms with E-state index in [1.807, 2.05) is 4.90 Å². The number of nitrogens with two attached hydrogens (primary N) is 1. The van der Waals surface area contributed by atoms with Crippen LogP contribution in [0.4, 0.5) is 20.2 Å². The fourth-order valence-corrected chi connectivity index (χ4v) is 2.05. The molecule has 4 heteroatoms. The maximum absolute atomic E-state index is 14.0. The van der Waals surface area contributed by atoms with Crippen LogP contribution in [0.2, 0.25) is 0 Å². The summed E-state index contributed by atoms with van der Waals surface area (Å²) in [5.74, 6) is -0.155.